The van der Waals surface area contributed by atoms with Gasteiger partial charge in [0.25, 0.3) is 0 Å². The third-order valence-electron chi connectivity index (χ3n) is 2.76. The maximum atomic E-state index is 11.2. The normalized spacial score (nSPS) is 19.3. The smallest absolute Gasteiger partial charge is 0.312 e. The van der Waals surface area contributed by atoms with Gasteiger partial charge < -0.3 is 10.1 Å². The quantitative estimate of drug-likeness (QED) is 0.592. The van der Waals surface area contributed by atoms with Crippen molar-refractivity contribution in [3.8, 4) is 5.75 Å². The van der Waals surface area contributed by atoms with E-state index in [1.807, 2.05) is 0 Å². The molecule has 1 aromatic rings. The third kappa shape index (κ3) is 3.19. The van der Waals surface area contributed by atoms with E-state index in [9.17, 15) is 18.5 Å². The van der Waals surface area contributed by atoms with Crippen LogP contribution < -0.4 is 15.2 Å². The number of rotatable bonds is 4. The molecule has 0 spiro atoms. The van der Waals surface area contributed by atoms with Gasteiger partial charge >= 0.3 is 5.69 Å². The Hall–Kier alpha value is -1.71. The van der Waals surface area contributed by atoms with Gasteiger partial charge in [-0.2, -0.15) is 0 Å². The second-order valence-corrected chi connectivity index (χ2v) is 5.73. The van der Waals surface area contributed by atoms with Crippen molar-refractivity contribution >= 4 is 15.7 Å². The molecule has 0 radical (unpaired) electrons. The summed E-state index contributed by atoms with van der Waals surface area (Å²) >= 11 is 0. The molecule has 1 aliphatic rings. The number of primary sulfonamides is 1. The monoisotopic (exact) mass is 287 g/mol. The van der Waals surface area contributed by atoms with E-state index in [1.165, 1.54) is 12.1 Å². The van der Waals surface area contributed by atoms with Crippen LogP contribution in [-0.4, -0.2) is 32.5 Å². The van der Waals surface area contributed by atoms with Gasteiger partial charge in [-0.25, -0.2) is 13.6 Å². The molecular weight excluding hydrogens is 274 g/mol. The van der Waals surface area contributed by atoms with Gasteiger partial charge in [0.05, 0.1) is 9.82 Å². The molecule has 1 aromatic carbocycles. The number of nitrogens with zero attached hydrogens (tertiary/aromatic N) is 1. The molecule has 0 bridgehead atoms. The van der Waals surface area contributed by atoms with Gasteiger partial charge in [0, 0.05) is 12.6 Å². The molecule has 0 saturated carbocycles. The number of sulfonamides is 1. The second kappa shape index (κ2) is 5.11. The number of nitro groups is 1. The lowest BCUT2D eigenvalue weighted by Gasteiger charge is -2.12. The number of ether oxygens (including phenoxy) is 1. The number of nitrogens with one attached hydrogen (secondary N) is 1. The van der Waals surface area contributed by atoms with E-state index in [1.54, 1.807) is 0 Å². The van der Waals surface area contributed by atoms with Gasteiger partial charge in [0.15, 0.2) is 5.75 Å². The molecule has 1 aliphatic heterocycles. The van der Waals surface area contributed by atoms with Gasteiger partial charge in [-0.15, -0.1) is 0 Å². The van der Waals surface area contributed by atoms with Gasteiger partial charge in [-0.3, -0.25) is 10.1 Å². The molecule has 2 rings (SSSR count). The molecular formula is C10H13N3O5S. The van der Waals surface area contributed by atoms with Gasteiger partial charge in [0.1, 0.15) is 6.10 Å². The number of nitrogens with two attached hydrogens (primary N) is 1. The van der Waals surface area contributed by atoms with Gasteiger partial charge in [-0.1, -0.05) is 0 Å². The highest BCUT2D eigenvalue weighted by Crippen LogP contribution is 2.30. The first-order valence-electron chi connectivity index (χ1n) is 5.56. The standard InChI is InChI=1S/C10H13N3O5S/c11-19(16,17)8-1-2-10(9(5-8)13(14)15)18-7-3-4-12-6-7/h1-2,5,7,12H,3-4,6H2,(H2,11,16,17). The summed E-state index contributed by atoms with van der Waals surface area (Å²) in [6.45, 7) is 1.39. The Kier molecular flexibility index (Phi) is 3.69. The maximum Gasteiger partial charge on any atom is 0.312 e. The Morgan fingerprint density at radius 3 is 2.74 bits per heavy atom. The van der Waals surface area contributed by atoms with Crippen molar-refractivity contribution in [1.29, 1.82) is 0 Å². The average molecular weight is 287 g/mol. The fourth-order valence-corrected chi connectivity index (χ4v) is 2.36. The first kappa shape index (κ1) is 13.7. The second-order valence-electron chi connectivity index (χ2n) is 4.16. The number of benzene rings is 1. The van der Waals surface area contributed by atoms with E-state index >= 15 is 0 Å². The zero-order chi connectivity index (χ0) is 14.0. The molecule has 3 N–H and O–H groups in total. The molecule has 1 heterocycles. The number of hydrogen-bond acceptors (Lipinski definition) is 6. The van der Waals surface area contributed by atoms with Crippen LogP contribution in [0.5, 0.6) is 5.75 Å². The predicted molar refractivity (Wildman–Crippen MR) is 66.4 cm³/mol. The Labute approximate surface area is 109 Å². The van der Waals surface area contributed by atoms with Gasteiger partial charge in [-0.05, 0) is 25.1 Å². The van der Waals surface area contributed by atoms with Crippen LogP contribution in [0.3, 0.4) is 0 Å². The van der Waals surface area contributed by atoms with E-state index in [0.29, 0.717) is 6.54 Å². The van der Waals surface area contributed by atoms with Crippen molar-refractivity contribution < 1.29 is 18.1 Å². The molecule has 0 aromatic heterocycles. The summed E-state index contributed by atoms with van der Waals surface area (Å²) in [5.41, 5.74) is -0.404. The Morgan fingerprint density at radius 1 is 1.47 bits per heavy atom. The van der Waals surface area contributed by atoms with Crippen LogP contribution in [0.25, 0.3) is 0 Å². The lowest BCUT2D eigenvalue weighted by atomic mass is 10.2. The number of nitro benzene ring substituents is 1. The first-order chi connectivity index (χ1) is 8.88. The summed E-state index contributed by atoms with van der Waals surface area (Å²) in [5, 5.41) is 19.0. The Balaban J connectivity index is 2.35. The Bertz CT molecular complexity index is 595. The highest BCUT2D eigenvalue weighted by atomic mass is 32.2. The van der Waals surface area contributed by atoms with Crippen LogP contribution in [0, 0.1) is 10.1 Å². The zero-order valence-electron chi connectivity index (χ0n) is 9.90. The van der Waals surface area contributed by atoms with E-state index < -0.39 is 20.6 Å². The topological polar surface area (TPSA) is 125 Å². The summed E-state index contributed by atoms with van der Waals surface area (Å²) in [6.07, 6.45) is 0.590. The van der Waals surface area contributed by atoms with Crippen LogP contribution in [0.1, 0.15) is 6.42 Å². The highest BCUT2D eigenvalue weighted by molar-refractivity contribution is 7.89. The van der Waals surface area contributed by atoms with Crippen molar-refractivity contribution in [3.63, 3.8) is 0 Å². The molecule has 19 heavy (non-hydrogen) atoms. The minimum atomic E-state index is -3.98. The third-order valence-corrected chi connectivity index (χ3v) is 3.68. The molecule has 104 valence electrons. The van der Waals surface area contributed by atoms with Crippen LogP contribution in [0.4, 0.5) is 5.69 Å². The first-order valence-corrected chi connectivity index (χ1v) is 7.11. The van der Waals surface area contributed by atoms with Crippen molar-refractivity contribution in [1.82, 2.24) is 5.32 Å². The van der Waals surface area contributed by atoms with Crippen molar-refractivity contribution in [2.75, 3.05) is 13.1 Å². The predicted octanol–water partition coefficient (Wildman–Crippen LogP) is -0.0171. The summed E-state index contributed by atoms with van der Waals surface area (Å²) < 4.78 is 27.8. The molecule has 8 nitrogen and oxygen atoms in total. The maximum absolute atomic E-state index is 11.2. The van der Waals surface area contributed by atoms with Crippen LogP contribution in [-0.2, 0) is 10.0 Å². The van der Waals surface area contributed by atoms with E-state index in [-0.39, 0.29) is 16.7 Å². The van der Waals surface area contributed by atoms with E-state index in [4.69, 9.17) is 9.88 Å². The molecule has 0 aliphatic carbocycles. The minimum absolute atomic E-state index is 0.0473. The van der Waals surface area contributed by atoms with Gasteiger partial charge in [0.2, 0.25) is 10.0 Å². The van der Waals surface area contributed by atoms with Crippen molar-refractivity contribution in [2.45, 2.75) is 17.4 Å². The lowest BCUT2D eigenvalue weighted by molar-refractivity contribution is -0.386. The lowest BCUT2D eigenvalue weighted by Crippen LogP contribution is -2.20. The summed E-state index contributed by atoms with van der Waals surface area (Å²) in [6, 6.07) is 3.36. The summed E-state index contributed by atoms with van der Waals surface area (Å²) in [4.78, 5) is 9.95. The molecule has 1 saturated heterocycles. The van der Waals surface area contributed by atoms with Crippen LogP contribution in [0.15, 0.2) is 23.1 Å². The Morgan fingerprint density at radius 2 is 2.21 bits per heavy atom. The molecule has 0 amide bonds. The highest BCUT2D eigenvalue weighted by Gasteiger charge is 2.24. The fourth-order valence-electron chi connectivity index (χ4n) is 1.82. The summed E-state index contributed by atoms with van der Waals surface area (Å²) in [5.74, 6) is 0.0473. The number of hydrogen-bond donors (Lipinski definition) is 2. The average Bonchev–Trinajstić information content (AvgIpc) is 2.80. The summed E-state index contributed by atoms with van der Waals surface area (Å²) in [7, 11) is -3.98. The fraction of sp³-hybridized carbons (Fsp3) is 0.400. The molecule has 1 atom stereocenters. The van der Waals surface area contributed by atoms with E-state index in [0.717, 1.165) is 19.0 Å². The largest absolute Gasteiger partial charge is 0.482 e. The SMILES string of the molecule is NS(=O)(=O)c1ccc(OC2CCNC2)c([N+](=O)[O-])c1. The van der Waals surface area contributed by atoms with Crippen molar-refractivity contribution in [2.24, 2.45) is 5.14 Å². The minimum Gasteiger partial charge on any atom is -0.482 e. The zero-order valence-corrected chi connectivity index (χ0v) is 10.7. The van der Waals surface area contributed by atoms with E-state index in [2.05, 4.69) is 5.32 Å². The molecule has 1 fully saturated rings. The van der Waals surface area contributed by atoms with Crippen LogP contribution in [0.2, 0.25) is 0 Å². The van der Waals surface area contributed by atoms with Crippen LogP contribution >= 0.6 is 0 Å². The molecule has 9 heteroatoms. The molecule has 1 unspecified atom stereocenters. The van der Waals surface area contributed by atoms with Crippen molar-refractivity contribution in [3.05, 3.63) is 28.3 Å².